The van der Waals surface area contributed by atoms with Crippen molar-refractivity contribution in [1.29, 1.82) is 0 Å². The van der Waals surface area contributed by atoms with E-state index < -0.39 is 24.3 Å². The van der Waals surface area contributed by atoms with E-state index in [2.05, 4.69) is 34.4 Å². The molecule has 0 aliphatic carbocycles. The van der Waals surface area contributed by atoms with Crippen LogP contribution in [0.5, 0.6) is 11.5 Å². The van der Waals surface area contributed by atoms with Gasteiger partial charge in [-0.3, -0.25) is 9.59 Å². The summed E-state index contributed by atoms with van der Waals surface area (Å²) in [5, 5.41) is 6.06. The Kier molecular flexibility index (Phi) is 11.8. The molecule has 330 valence electrons. The van der Waals surface area contributed by atoms with Crippen LogP contribution in [0.15, 0.2) is 24.3 Å². The lowest BCUT2D eigenvalue weighted by Crippen LogP contribution is -2.51. The lowest BCUT2D eigenvalue weighted by Gasteiger charge is -2.30. The van der Waals surface area contributed by atoms with Crippen LogP contribution in [0, 0.1) is 23.7 Å². The number of carbonyl (C=O) groups is 4. The zero-order valence-electron chi connectivity index (χ0n) is 36.0. The van der Waals surface area contributed by atoms with Gasteiger partial charge in [-0.1, -0.05) is 64.7 Å². The summed E-state index contributed by atoms with van der Waals surface area (Å²) in [6.45, 7) is 13.2. The SMILES string of the molecule is COC(=O)N[C@H](C(=O)N1C[C@H](C)C[C@H]1c1nc(-c2cc3c4c(c2)OCc2cc(-c5nc([C@@H]6C[C@@H](C)CN6C(=O)[C@@H](NC(=O)OC)C(C)C)[nH]c5Cl)cc(c2-4)OC3)c(Cl)[nH]1)C(C)C. The first-order valence-electron chi connectivity index (χ1n) is 21.0. The molecule has 0 saturated carbocycles. The number of ether oxygens (including phenoxy) is 4. The fourth-order valence-electron chi connectivity index (χ4n) is 9.24. The van der Waals surface area contributed by atoms with Crippen molar-refractivity contribution in [2.45, 2.75) is 91.8 Å². The van der Waals surface area contributed by atoms with Crippen molar-refractivity contribution in [3.63, 3.8) is 0 Å². The van der Waals surface area contributed by atoms with Crippen molar-refractivity contribution in [3.05, 3.63) is 57.3 Å². The number of hydrogen-bond acceptors (Lipinski definition) is 10. The summed E-state index contributed by atoms with van der Waals surface area (Å²) in [4.78, 5) is 72.0. The average Bonchev–Trinajstić information content (AvgIpc) is 4.04. The van der Waals surface area contributed by atoms with E-state index in [4.69, 9.17) is 52.1 Å². The van der Waals surface area contributed by atoms with Crippen molar-refractivity contribution in [2.75, 3.05) is 27.3 Å². The third-order valence-corrected chi connectivity index (χ3v) is 12.8. The highest BCUT2D eigenvalue weighted by Gasteiger charge is 2.42. The number of nitrogens with one attached hydrogen (secondary N) is 4. The van der Waals surface area contributed by atoms with Gasteiger partial charge in [0.05, 0.1) is 26.3 Å². The second-order valence-electron chi connectivity index (χ2n) is 17.6. The Balaban J connectivity index is 1.06. The first kappa shape index (κ1) is 43.2. The smallest absolute Gasteiger partial charge is 0.407 e. The van der Waals surface area contributed by atoms with Crippen molar-refractivity contribution < 1.29 is 38.1 Å². The first-order valence-corrected chi connectivity index (χ1v) is 21.7. The molecule has 2 aromatic carbocycles. The van der Waals surface area contributed by atoms with Crippen molar-refractivity contribution >= 4 is 47.2 Å². The molecular formula is C44H52Cl2N8O8. The largest absolute Gasteiger partial charge is 0.488 e. The number of carbonyl (C=O) groups excluding carboxylic acids is 4. The zero-order valence-corrected chi connectivity index (χ0v) is 37.5. The third kappa shape index (κ3) is 7.91. The molecule has 4 N–H and O–H groups in total. The number of halogens is 2. The number of amides is 4. The number of imidazole rings is 2. The molecule has 0 unspecified atom stereocenters. The molecule has 62 heavy (non-hydrogen) atoms. The normalized spacial score (nSPS) is 21.0. The van der Waals surface area contributed by atoms with E-state index in [1.807, 2.05) is 52.0 Å². The number of benzene rings is 2. The molecule has 6 atom stereocenters. The van der Waals surface area contributed by atoms with Crippen LogP contribution in [0.3, 0.4) is 0 Å². The predicted octanol–water partition coefficient (Wildman–Crippen LogP) is 7.81. The average molecular weight is 892 g/mol. The number of H-pyrrole nitrogens is 2. The maximum Gasteiger partial charge on any atom is 0.407 e. The first-order chi connectivity index (χ1) is 29.6. The van der Waals surface area contributed by atoms with Gasteiger partial charge in [0.25, 0.3) is 0 Å². The van der Waals surface area contributed by atoms with Crippen LogP contribution in [-0.4, -0.2) is 93.1 Å². The molecule has 0 spiro atoms. The van der Waals surface area contributed by atoms with Gasteiger partial charge in [0.2, 0.25) is 11.8 Å². The molecule has 8 rings (SSSR count). The number of methoxy groups -OCH3 is 2. The van der Waals surface area contributed by atoms with Crippen LogP contribution in [-0.2, 0) is 32.3 Å². The standard InChI is InChI=1S/C44H52Cl2N8O8/c1-19(2)33(49-43(57)59-7)41(55)53-15-21(5)9-27(53)39-47-35(37(45)51-39)23-11-25-17-62-30-14-24(12-26-18-61-29(13-23)31(25)32(26)30)36-38(46)52-40(48-36)28-10-22(6)16-54(28)42(56)34(20(3)4)50-44(58)60-8/h11-14,19-22,27-28,33-34H,9-10,15-18H2,1-8H3,(H,47,51)(H,48,52)(H,49,57)(H,50,58)/t21-,22-,27+,28+,33+,34+/m1/s1. The van der Waals surface area contributed by atoms with Crippen LogP contribution in [0.25, 0.3) is 33.6 Å². The van der Waals surface area contributed by atoms with Crippen LogP contribution in [0.1, 0.15) is 89.2 Å². The van der Waals surface area contributed by atoms with Crippen LogP contribution in [0.4, 0.5) is 9.59 Å². The van der Waals surface area contributed by atoms with Gasteiger partial charge in [0.1, 0.15) is 70.1 Å². The van der Waals surface area contributed by atoms with Gasteiger partial charge >= 0.3 is 12.2 Å². The highest BCUT2D eigenvalue weighted by molar-refractivity contribution is 6.32. The molecule has 4 amide bonds. The van der Waals surface area contributed by atoms with Crippen molar-refractivity contribution in [1.82, 2.24) is 40.4 Å². The Hall–Kier alpha value is -5.48. The van der Waals surface area contributed by atoms with E-state index in [9.17, 15) is 19.2 Å². The summed E-state index contributed by atoms with van der Waals surface area (Å²) >= 11 is 13.8. The second-order valence-corrected chi connectivity index (χ2v) is 18.3. The molecule has 4 aliphatic heterocycles. The Morgan fingerprint density at radius 1 is 0.694 bits per heavy atom. The quantitative estimate of drug-likeness (QED) is 0.122. The highest BCUT2D eigenvalue weighted by Crippen LogP contribution is 2.52. The van der Waals surface area contributed by atoms with Crippen molar-refractivity contribution in [2.24, 2.45) is 23.7 Å². The molecule has 6 heterocycles. The Morgan fingerprint density at radius 3 is 1.44 bits per heavy atom. The predicted molar refractivity (Wildman–Crippen MR) is 231 cm³/mol. The van der Waals surface area contributed by atoms with Gasteiger partial charge in [0, 0.05) is 46.5 Å². The number of aromatic nitrogens is 4. The van der Waals surface area contributed by atoms with E-state index in [-0.39, 0.29) is 60.8 Å². The summed E-state index contributed by atoms with van der Waals surface area (Å²) in [6, 6.07) is 5.59. The summed E-state index contributed by atoms with van der Waals surface area (Å²) in [6.07, 6.45) is 0.0134. The van der Waals surface area contributed by atoms with Crippen molar-refractivity contribution in [3.8, 4) is 45.1 Å². The second kappa shape index (κ2) is 17.0. The molecular weight excluding hydrogens is 839 g/mol. The van der Waals surface area contributed by atoms with Gasteiger partial charge in [-0.25, -0.2) is 19.6 Å². The fraction of sp³-hybridized carbons (Fsp3) is 0.500. The van der Waals surface area contributed by atoms with E-state index in [1.54, 1.807) is 9.80 Å². The molecule has 4 aliphatic rings. The number of nitrogens with zero attached hydrogens (tertiary/aromatic N) is 4. The van der Waals surface area contributed by atoms with Gasteiger partial charge in [0.15, 0.2) is 0 Å². The molecule has 16 nitrogen and oxygen atoms in total. The van der Waals surface area contributed by atoms with Gasteiger partial charge in [-0.15, -0.1) is 0 Å². The van der Waals surface area contributed by atoms with E-state index in [1.165, 1.54) is 14.2 Å². The molecule has 2 aromatic heterocycles. The lowest BCUT2D eigenvalue weighted by atomic mass is 9.87. The Labute approximate surface area is 369 Å². The van der Waals surface area contributed by atoms with Gasteiger partial charge < -0.3 is 49.3 Å². The molecule has 18 heteroatoms. The number of likely N-dealkylation sites (tertiary alicyclic amines) is 2. The topological polar surface area (TPSA) is 193 Å². The molecule has 0 bridgehead atoms. The minimum Gasteiger partial charge on any atom is -0.488 e. The molecule has 2 saturated heterocycles. The summed E-state index contributed by atoms with van der Waals surface area (Å²) in [5.74, 6) is 2.09. The minimum absolute atomic E-state index is 0.171. The fourth-order valence-corrected chi connectivity index (χ4v) is 9.74. The number of hydrogen-bond donors (Lipinski definition) is 4. The maximum atomic E-state index is 13.9. The summed E-state index contributed by atoms with van der Waals surface area (Å²) < 4.78 is 22.5. The van der Waals surface area contributed by atoms with Crippen LogP contribution < -0.4 is 20.1 Å². The van der Waals surface area contributed by atoms with Crippen LogP contribution >= 0.6 is 23.2 Å². The zero-order chi connectivity index (χ0) is 44.3. The monoisotopic (exact) mass is 890 g/mol. The number of aromatic amines is 2. The van der Waals surface area contributed by atoms with Gasteiger partial charge in [-0.2, -0.15) is 0 Å². The summed E-state index contributed by atoms with van der Waals surface area (Å²) in [5.41, 5.74) is 6.18. The van der Waals surface area contributed by atoms with E-state index in [0.29, 0.717) is 70.8 Å². The number of alkyl carbamates (subject to hydrolysis) is 2. The molecule has 0 radical (unpaired) electrons. The van der Waals surface area contributed by atoms with E-state index in [0.717, 1.165) is 33.4 Å². The minimum atomic E-state index is -0.769. The molecule has 2 fully saturated rings. The van der Waals surface area contributed by atoms with Gasteiger partial charge in [-0.05, 0) is 60.8 Å². The third-order valence-electron chi connectivity index (χ3n) is 12.3. The molecule has 4 aromatic rings. The van der Waals surface area contributed by atoms with E-state index >= 15 is 0 Å². The maximum absolute atomic E-state index is 13.9. The summed E-state index contributed by atoms with van der Waals surface area (Å²) in [7, 11) is 2.54. The highest BCUT2D eigenvalue weighted by atomic mass is 35.5. The Morgan fingerprint density at radius 2 is 1.08 bits per heavy atom. The lowest BCUT2D eigenvalue weighted by molar-refractivity contribution is -0.136. The van der Waals surface area contributed by atoms with Crippen LogP contribution in [0.2, 0.25) is 10.3 Å². The Bertz CT molecular complexity index is 2220. The number of rotatable bonds is 10.